The lowest BCUT2D eigenvalue weighted by Gasteiger charge is -2.35. The summed E-state index contributed by atoms with van der Waals surface area (Å²) in [7, 11) is 0. The monoisotopic (exact) mass is 421 g/mol. The molecule has 1 unspecified atom stereocenters. The van der Waals surface area contributed by atoms with E-state index in [0.717, 1.165) is 30.5 Å². The third-order valence-electron chi connectivity index (χ3n) is 7.13. The van der Waals surface area contributed by atoms with E-state index in [9.17, 15) is 4.79 Å². The number of anilines is 1. The number of ketones is 1. The van der Waals surface area contributed by atoms with Crippen LogP contribution in [0.3, 0.4) is 0 Å². The van der Waals surface area contributed by atoms with Crippen molar-refractivity contribution in [3.8, 4) is 0 Å². The lowest BCUT2D eigenvalue weighted by molar-refractivity contribution is 0.0963. The minimum atomic E-state index is -0.184. The number of carbonyl (C=O) groups excluding carboxylic acids is 1. The molecule has 1 atom stereocenters. The summed E-state index contributed by atoms with van der Waals surface area (Å²) in [5.41, 5.74) is 5.87. The summed E-state index contributed by atoms with van der Waals surface area (Å²) < 4.78 is 0. The van der Waals surface area contributed by atoms with Crippen LogP contribution in [0.4, 0.5) is 5.69 Å². The van der Waals surface area contributed by atoms with Crippen molar-refractivity contribution < 1.29 is 4.79 Å². The van der Waals surface area contributed by atoms with Crippen LogP contribution in [-0.2, 0) is 6.42 Å². The summed E-state index contributed by atoms with van der Waals surface area (Å²) in [6.07, 6.45) is 2.18. The highest BCUT2D eigenvalue weighted by Gasteiger charge is 2.27. The zero-order chi connectivity index (χ0) is 22.4. The van der Waals surface area contributed by atoms with Gasteiger partial charge in [0.05, 0.1) is 6.04 Å². The van der Waals surface area contributed by atoms with Crippen LogP contribution in [-0.4, -0.2) is 18.4 Å². The summed E-state index contributed by atoms with van der Waals surface area (Å²) in [4.78, 5) is 16.0. The molecule has 0 aromatic heterocycles. The molecule has 32 heavy (non-hydrogen) atoms. The van der Waals surface area contributed by atoms with Gasteiger partial charge in [-0.15, -0.1) is 0 Å². The van der Waals surface area contributed by atoms with E-state index in [0.29, 0.717) is 5.92 Å². The second-order valence-electron chi connectivity index (χ2n) is 9.55. The zero-order valence-corrected chi connectivity index (χ0v) is 19.5. The number of nitrogens with zero attached hydrogens (tertiary/aromatic N) is 1. The number of para-hydroxylation sites is 1. The van der Waals surface area contributed by atoms with Gasteiger partial charge in [0.2, 0.25) is 0 Å². The SMILES string of the molecule is Cc1cc(C(=O)C(C)N2CCCc3ccccc32)cc2c1ccc1cc(C(C)C)ccc12. The van der Waals surface area contributed by atoms with Gasteiger partial charge in [-0.1, -0.05) is 62.4 Å². The quantitative estimate of drug-likeness (QED) is 0.252. The molecule has 0 amide bonds. The third-order valence-corrected chi connectivity index (χ3v) is 7.13. The van der Waals surface area contributed by atoms with Gasteiger partial charge in [0.1, 0.15) is 0 Å². The van der Waals surface area contributed by atoms with E-state index in [2.05, 4.69) is 99.3 Å². The van der Waals surface area contributed by atoms with Gasteiger partial charge in [-0.05, 0) is 89.0 Å². The largest absolute Gasteiger partial charge is 0.361 e. The number of hydrogen-bond donors (Lipinski definition) is 0. The average Bonchev–Trinajstić information content (AvgIpc) is 2.82. The topological polar surface area (TPSA) is 20.3 Å². The number of fused-ring (bicyclic) bond motifs is 4. The first-order chi connectivity index (χ1) is 15.4. The molecule has 0 radical (unpaired) electrons. The highest BCUT2D eigenvalue weighted by atomic mass is 16.1. The molecule has 0 N–H and O–H groups in total. The van der Waals surface area contributed by atoms with Crippen LogP contribution in [0.25, 0.3) is 21.5 Å². The fourth-order valence-corrected chi connectivity index (χ4v) is 5.23. The molecule has 0 saturated heterocycles. The molecule has 4 aromatic carbocycles. The Balaban J connectivity index is 1.58. The van der Waals surface area contributed by atoms with E-state index in [1.165, 1.54) is 38.4 Å². The minimum Gasteiger partial charge on any atom is -0.361 e. The number of hydrogen-bond acceptors (Lipinski definition) is 2. The highest BCUT2D eigenvalue weighted by Crippen LogP contribution is 2.33. The normalized spacial score (nSPS) is 14.7. The first kappa shape index (κ1) is 20.8. The maximum Gasteiger partial charge on any atom is 0.184 e. The Kier molecular flexibility index (Phi) is 5.25. The van der Waals surface area contributed by atoms with Gasteiger partial charge in [-0.2, -0.15) is 0 Å². The van der Waals surface area contributed by atoms with E-state index >= 15 is 0 Å². The minimum absolute atomic E-state index is 0.184. The van der Waals surface area contributed by atoms with Gasteiger partial charge >= 0.3 is 0 Å². The first-order valence-corrected chi connectivity index (χ1v) is 11.8. The van der Waals surface area contributed by atoms with E-state index < -0.39 is 0 Å². The van der Waals surface area contributed by atoms with Crippen molar-refractivity contribution in [1.82, 2.24) is 0 Å². The number of benzene rings is 4. The molecule has 162 valence electrons. The Hall–Kier alpha value is -3.13. The Labute approximate surface area is 190 Å². The van der Waals surface area contributed by atoms with Gasteiger partial charge in [0, 0.05) is 17.8 Å². The highest BCUT2D eigenvalue weighted by molar-refractivity contribution is 6.12. The molecule has 0 spiro atoms. The van der Waals surface area contributed by atoms with Crippen LogP contribution in [0.2, 0.25) is 0 Å². The second-order valence-corrected chi connectivity index (χ2v) is 9.55. The van der Waals surface area contributed by atoms with Crippen molar-refractivity contribution in [2.45, 2.75) is 52.5 Å². The fourth-order valence-electron chi connectivity index (χ4n) is 5.23. The molecule has 4 aromatic rings. The Morgan fingerprint density at radius 1 is 0.875 bits per heavy atom. The molecule has 0 bridgehead atoms. The Morgan fingerprint density at radius 2 is 1.66 bits per heavy atom. The second kappa shape index (κ2) is 8.09. The number of carbonyl (C=O) groups is 1. The third kappa shape index (κ3) is 3.48. The number of aryl methyl sites for hydroxylation is 2. The zero-order valence-electron chi connectivity index (χ0n) is 19.5. The van der Waals surface area contributed by atoms with E-state index in [4.69, 9.17) is 0 Å². The van der Waals surface area contributed by atoms with Crippen molar-refractivity contribution in [2.75, 3.05) is 11.4 Å². The predicted octanol–water partition coefficient (Wildman–Crippen LogP) is 7.45. The summed E-state index contributed by atoms with van der Waals surface area (Å²) in [5.74, 6) is 0.695. The molecule has 0 aliphatic carbocycles. The summed E-state index contributed by atoms with van der Waals surface area (Å²) in [6.45, 7) is 9.56. The van der Waals surface area contributed by atoms with Gasteiger partial charge in [0.25, 0.3) is 0 Å². The number of Topliss-reactive ketones (excluding diaryl/α,β-unsaturated/α-hetero) is 1. The van der Waals surface area contributed by atoms with Crippen molar-refractivity contribution >= 4 is 33.0 Å². The maximum absolute atomic E-state index is 13.7. The molecule has 2 heteroatoms. The molecule has 1 aliphatic rings. The van der Waals surface area contributed by atoms with Crippen LogP contribution in [0, 0.1) is 6.92 Å². The standard InChI is InChI=1S/C30H31NO/c1-19(2)23-11-14-27-24(17-23)12-13-26-20(3)16-25(18-28(26)27)30(32)21(4)31-15-7-9-22-8-5-6-10-29(22)31/h5-6,8,10-14,16-19,21H,7,9,15H2,1-4H3. The molecule has 1 aliphatic heterocycles. The van der Waals surface area contributed by atoms with E-state index in [1.807, 2.05) is 0 Å². The van der Waals surface area contributed by atoms with Crippen LogP contribution in [0.15, 0.2) is 66.7 Å². The molecule has 1 heterocycles. The smallest absolute Gasteiger partial charge is 0.184 e. The van der Waals surface area contributed by atoms with Gasteiger partial charge in [-0.3, -0.25) is 4.79 Å². The van der Waals surface area contributed by atoms with Crippen LogP contribution < -0.4 is 4.90 Å². The Morgan fingerprint density at radius 3 is 2.47 bits per heavy atom. The first-order valence-electron chi connectivity index (χ1n) is 11.8. The van der Waals surface area contributed by atoms with E-state index in [-0.39, 0.29) is 11.8 Å². The van der Waals surface area contributed by atoms with Crippen LogP contribution in [0.1, 0.15) is 60.2 Å². The molecule has 5 rings (SSSR count). The van der Waals surface area contributed by atoms with Gasteiger partial charge < -0.3 is 4.90 Å². The van der Waals surface area contributed by atoms with E-state index in [1.54, 1.807) is 0 Å². The van der Waals surface area contributed by atoms with Crippen molar-refractivity contribution in [2.24, 2.45) is 0 Å². The molecular weight excluding hydrogens is 390 g/mol. The predicted molar refractivity (Wildman–Crippen MR) is 136 cm³/mol. The fraction of sp³-hybridized carbons (Fsp3) is 0.300. The van der Waals surface area contributed by atoms with Gasteiger partial charge in [0.15, 0.2) is 5.78 Å². The maximum atomic E-state index is 13.7. The van der Waals surface area contributed by atoms with Crippen molar-refractivity contribution in [3.63, 3.8) is 0 Å². The van der Waals surface area contributed by atoms with Crippen molar-refractivity contribution in [3.05, 3.63) is 89.0 Å². The molecule has 2 nitrogen and oxygen atoms in total. The summed E-state index contributed by atoms with van der Waals surface area (Å²) >= 11 is 0. The van der Waals surface area contributed by atoms with Crippen LogP contribution >= 0.6 is 0 Å². The lowest BCUT2D eigenvalue weighted by atomic mass is 9.91. The van der Waals surface area contributed by atoms with Crippen molar-refractivity contribution in [1.29, 1.82) is 0 Å². The molecular formula is C30H31NO. The number of rotatable bonds is 4. The average molecular weight is 422 g/mol. The van der Waals surface area contributed by atoms with Gasteiger partial charge in [-0.25, -0.2) is 0 Å². The molecule has 0 fully saturated rings. The van der Waals surface area contributed by atoms with Crippen LogP contribution in [0.5, 0.6) is 0 Å². The Bertz CT molecular complexity index is 1330. The summed E-state index contributed by atoms with van der Waals surface area (Å²) in [5, 5.41) is 4.86. The molecule has 0 saturated carbocycles. The summed E-state index contributed by atoms with van der Waals surface area (Å²) in [6, 6.07) is 23.7. The lowest BCUT2D eigenvalue weighted by Crippen LogP contribution is -2.42.